The van der Waals surface area contributed by atoms with E-state index in [1.54, 1.807) is 10.9 Å². The van der Waals surface area contributed by atoms with Crippen LogP contribution in [-0.2, 0) is 7.05 Å². The Kier molecular flexibility index (Phi) is 2.54. The number of rotatable bonds is 2. The second kappa shape index (κ2) is 3.84. The van der Waals surface area contributed by atoms with E-state index in [1.165, 1.54) is 0 Å². The lowest BCUT2D eigenvalue weighted by Crippen LogP contribution is -1.88. The van der Waals surface area contributed by atoms with E-state index in [-0.39, 0.29) is 0 Å². The molecule has 1 aromatic heterocycles. The van der Waals surface area contributed by atoms with Gasteiger partial charge >= 0.3 is 0 Å². The van der Waals surface area contributed by atoms with Gasteiger partial charge in [0.05, 0.1) is 11.9 Å². The standard InChI is InChI=1S/C10H10BrN3/c1-14-7-10(6-12-14)13-9-4-2-3-8(11)5-9/h2-7,13H,1H3. The second-order valence-electron chi connectivity index (χ2n) is 3.04. The van der Waals surface area contributed by atoms with Crippen molar-refractivity contribution < 1.29 is 0 Å². The van der Waals surface area contributed by atoms with Crippen LogP contribution in [0.5, 0.6) is 0 Å². The fourth-order valence-corrected chi connectivity index (χ4v) is 1.62. The Labute approximate surface area is 90.9 Å². The maximum atomic E-state index is 4.08. The summed E-state index contributed by atoms with van der Waals surface area (Å²) in [6, 6.07) is 8.02. The molecule has 2 rings (SSSR count). The summed E-state index contributed by atoms with van der Waals surface area (Å²) in [4.78, 5) is 0. The second-order valence-corrected chi connectivity index (χ2v) is 3.95. The van der Waals surface area contributed by atoms with Crippen LogP contribution in [0.2, 0.25) is 0 Å². The third kappa shape index (κ3) is 2.14. The number of aryl methyl sites for hydroxylation is 1. The first-order chi connectivity index (χ1) is 6.74. The average Bonchev–Trinajstić information content (AvgIpc) is 2.51. The van der Waals surface area contributed by atoms with Crippen LogP contribution >= 0.6 is 15.9 Å². The van der Waals surface area contributed by atoms with Crippen LogP contribution in [0.25, 0.3) is 0 Å². The van der Waals surface area contributed by atoms with Gasteiger partial charge in [-0.25, -0.2) is 0 Å². The lowest BCUT2D eigenvalue weighted by Gasteiger charge is -2.02. The fourth-order valence-electron chi connectivity index (χ4n) is 1.22. The van der Waals surface area contributed by atoms with E-state index < -0.39 is 0 Å². The zero-order chi connectivity index (χ0) is 9.97. The fraction of sp³-hybridized carbons (Fsp3) is 0.100. The highest BCUT2D eigenvalue weighted by molar-refractivity contribution is 9.10. The van der Waals surface area contributed by atoms with Crippen LogP contribution in [-0.4, -0.2) is 9.78 Å². The van der Waals surface area contributed by atoms with Crippen LogP contribution < -0.4 is 5.32 Å². The predicted octanol–water partition coefficient (Wildman–Crippen LogP) is 2.93. The minimum Gasteiger partial charge on any atom is -0.353 e. The number of anilines is 2. The van der Waals surface area contributed by atoms with Crippen molar-refractivity contribution in [3.8, 4) is 0 Å². The van der Waals surface area contributed by atoms with Gasteiger partial charge in [-0.1, -0.05) is 22.0 Å². The number of aromatic nitrogens is 2. The van der Waals surface area contributed by atoms with Gasteiger partial charge in [-0.15, -0.1) is 0 Å². The Bertz CT molecular complexity index is 436. The molecule has 1 aromatic carbocycles. The minimum absolute atomic E-state index is 0.991. The molecule has 1 N–H and O–H groups in total. The minimum atomic E-state index is 0.991. The first-order valence-corrected chi connectivity index (χ1v) is 5.04. The van der Waals surface area contributed by atoms with Gasteiger partial charge in [-0.3, -0.25) is 4.68 Å². The molecular formula is C10H10BrN3. The van der Waals surface area contributed by atoms with Crippen molar-refractivity contribution in [3.63, 3.8) is 0 Å². The molecule has 0 radical (unpaired) electrons. The van der Waals surface area contributed by atoms with E-state index in [0.29, 0.717) is 0 Å². The molecule has 0 unspecified atom stereocenters. The highest BCUT2D eigenvalue weighted by atomic mass is 79.9. The molecule has 0 aliphatic heterocycles. The largest absolute Gasteiger partial charge is 0.353 e. The first-order valence-electron chi connectivity index (χ1n) is 4.25. The Morgan fingerprint density at radius 2 is 2.21 bits per heavy atom. The van der Waals surface area contributed by atoms with E-state index in [0.717, 1.165) is 15.8 Å². The molecule has 0 saturated carbocycles. The zero-order valence-corrected chi connectivity index (χ0v) is 9.32. The van der Waals surface area contributed by atoms with Crippen LogP contribution in [0.4, 0.5) is 11.4 Å². The summed E-state index contributed by atoms with van der Waals surface area (Å²) in [5.74, 6) is 0. The molecule has 0 aliphatic carbocycles. The van der Waals surface area contributed by atoms with E-state index in [4.69, 9.17) is 0 Å². The summed E-state index contributed by atoms with van der Waals surface area (Å²) < 4.78 is 2.83. The van der Waals surface area contributed by atoms with Gasteiger partial charge in [0, 0.05) is 23.4 Å². The van der Waals surface area contributed by atoms with Crippen molar-refractivity contribution in [1.29, 1.82) is 0 Å². The summed E-state index contributed by atoms with van der Waals surface area (Å²) >= 11 is 3.42. The van der Waals surface area contributed by atoms with Crippen molar-refractivity contribution in [2.24, 2.45) is 7.05 Å². The van der Waals surface area contributed by atoms with Crippen LogP contribution in [0, 0.1) is 0 Å². The molecule has 0 spiro atoms. The van der Waals surface area contributed by atoms with E-state index in [9.17, 15) is 0 Å². The summed E-state index contributed by atoms with van der Waals surface area (Å²) in [5.41, 5.74) is 2.04. The molecule has 3 nitrogen and oxygen atoms in total. The van der Waals surface area contributed by atoms with Gasteiger partial charge in [0.1, 0.15) is 0 Å². The van der Waals surface area contributed by atoms with Crippen LogP contribution in [0.1, 0.15) is 0 Å². The highest BCUT2D eigenvalue weighted by Crippen LogP contribution is 2.19. The number of hydrogen-bond acceptors (Lipinski definition) is 2. The molecule has 72 valence electrons. The SMILES string of the molecule is Cn1cc(Nc2cccc(Br)c2)cn1. The van der Waals surface area contributed by atoms with E-state index >= 15 is 0 Å². The quantitative estimate of drug-likeness (QED) is 0.890. The van der Waals surface area contributed by atoms with Crippen molar-refractivity contribution >= 4 is 27.3 Å². The Morgan fingerprint density at radius 1 is 1.36 bits per heavy atom. The summed E-state index contributed by atoms with van der Waals surface area (Å²) in [5, 5.41) is 7.33. The average molecular weight is 252 g/mol. The summed E-state index contributed by atoms with van der Waals surface area (Å²) in [6.07, 6.45) is 3.72. The van der Waals surface area contributed by atoms with E-state index in [2.05, 4.69) is 26.3 Å². The monoisotopic (exact) mass is 251 g/mol. The van der Waals surface area contributed by atoms with E-state index in [1.807, 2.05) is 37.5 Å². The van der Waals surface area contributed by atoms with Crippen molar-refractivity contribution in [2.75, 3.05) is 5.32 Å². The number of benzene rings is 1. The number of hydrogen-bond donors (Lipinski definition) is 1. The molecule has 2 aromatic rings. The van der Waals surface area contributed by atoms with Crippen molar-refractivity contribution in [2.45, 2.75) is 0 Å². The maximum absolute atomic E-state index is 4.08. The first kappa shape index (κ1) is 9.27. The molecule has 1 heterocycles. The maximum Gasteiger partial charge on any atom is 0.0770 e. The van der Waals surface area contributed by atoms with Gasteiger partial charge in [-0.2, -0.15) is 5.10 Å². The third-order valence-electron chi connectivity index (χ3n) is 1.82. The van der Waals surface area contributed by atoms with Crippen molar-refractivity contribution in [3.05, 3.63) is 41.1 Å². The Balaban J connectivity index is 2.18. The Morgan fingerprint density at radius 3 is 2.86 bits per heavy atom. The van der Waals surface area contributed by atoms with Gasteiger partial charge in [-0.05, 0) is 18.2 Å². The molecule has 0 atom stereocenters. The Hall–Kier alpha value is -1.29. The van der Waals surface area contributed by atoms with Crippen LogP contribution in [0.3, 0.4) is 0 Å². The molecule has 0 amide bonds. The smallest absolute Gasteiger partial charge is 0.0770 e. The predicted molar refractivity (Wildman–Crippen MR) is 60.6 cm³/mol. The highest BCUT2D eigenvalue weighted by Gasteiger charge is 1.96. The molecule has 0 saturated heterocycles. The van der Waals surface area contributed by atoms with Crippen LogP contribution in [0.15, 0.2) is 41.1 Å². The van der Waals surface area contributed by atoms with Gasteiger partial charge in [0.15, 0.2) is 0 Å². The number of halogens is 1. The number of nitrogens with zero attached hydrogens (tertiary/aromatic N) is 2. The lowest BCUT2D eigenvalue weighted by atomic mass is 10.3. The van der Waals surface area contributed by atoms with Gasteiger partial charge in [0.25, 0.3) is 0 Å². The van der Waals surface area contributed by atoms with Gasteiger partial charge < -0.3 is 5.32 Å². The third-order valence-corrected chi connectivity index (χ3v) is 2.31. The van der Waals surface area contributed by atoms with Crippen molar-refractivity contribution in [1.82, 2.24) is 9.78 Å². The lowest BCUT2D eigenvalue weighted by molar-refractivity contribution is 0.768. The summed E-state index contributed by atoms with van der Waals surface area (Å²) in [6.45, 7) is 0. The van der Waals surface area contributed by atoms with Gasteiger partial charge in [0.2, 0.25) is 0 Å². The summed E-state index contributed by atoms with van der Waals surface area (Å²) in [7, 11) is 1.89. The molecule has 0 aliphatic rings. The normalized spacial score (nSPS) is 10.1. The number of nitrogens with one attached hydrogen (secondary N) is 1. The molecule has 4 heteroatoms. The topological polar surface area (TPSA) is 29.9 Å². The zero-order valence-electron chi connectivity index (χ0n) is 7.74. The molecular weight excluding hydrogens is 242 g/mol. The molecule has 0 fully saturated rings. The molecule has 0 bridgehead atoms. The molecule has 14 heavy (non-hydrogen) atoms.